The maximum atomic E-state index is 12.4. The summed E-state index contributed by atoms with van der Waals surface area (Å²) in [4.78, 5) is 17.3. The van der Waals surface area contributed by atoms with Gasteiger partial charge in [0.25, 0.3) is 5.91 Å². The molecule has 1 aliphatic rings. The molecule has 0 aliphatic carbocycles. The second kappa shape index (κ2) is 7.77. The first-order valence-corrected chi connectivity index (χ1v) is 9.30. The molecule has 0 saturated carbocycles. The molecule has 7 heteroatoms. The molecule has 3 aromatic rings. The first-order valence-electron chi connectivity index (χ1n) is 8.48. The summed E-state index contributed by atoms with van der Waals surface area (Å²) < 4.78 is 18.9. The zero-order valence-corrected chi connectivity index (χ0v) is 15.6. The van der Waals surface area contributed by atoms with Crippen LogP contribution in [0.1, 0.15) is 5.56 Å². The topological polar surface area (TPSA) is 62.1 Å². The second-order valence-electron chi connectivity index (χ2n) is 5.89. The number of hydrogen-bond donors (Lipinski definition) is 0. The van der Waals surface area contributed by atoms with E-state index in [2.05, 4.69) is 4.99 Å². The van der Waals surface area contributed by atoms with Crippen LogP contribution in [0.4, 0.5) is 0 Å². The number of nitrogens with zero attached hydrogens (tertiary/aromatic N) is 2. The minimum atomic E-state index is -0.314. The van der Waals surface area contributed by atoms with Crippen molar-refractivity contribution in [1.82, 2.24) is 4.57 Å². The summed E-state index contributed by atoms with van der Waals surface area (Å²) in [6, 6.07) is 13.5. The van der Waals surface area contributed by atoms with Gasteiger partial charge in [-0.05, 0) is 35.9 Å². The van der Waals surface area contributed by atoms with Crippen LogP contribution in [0, 0.1) is 0 Å². The number of fused-ring (bicyclic) bond motifs is 2. The number of thiazole rings is 1. The average molecular weight is 382 g/mol. The summed E-state index contributed by atoms with van der Waals surface area (Å²) in [6.45, 7) is 1.41. The molecule has 1 amide bonds. The van der Waals surface area contributed by atoms with Gasteiger partial charge in [-0.3, -0.25) is 4.79 Å². The quantitative estimate of drug-likeness (QED) is 0.636. The fourth-order valence-corrected chi connectivity index (χ4v) is 3.88. The van der Waals surface area contributed by atoms with Gasteiger partial charge < -0.3 is 18.8 Å². The van der Waals surface area contributed by atoms with Gasteiger partial charge in [0.15, 0.2) is 16.3 Å². The van der Waals surface area contributed by atoms with Crippen molar-refractivity contribution in [2.45, 2.75) is 6.54 Å². The first kappa shape index (κ1) is 17.5. The summed E-state index contributed by atoms with van der Waals surface area (Å²) in [5.41, 5.74) is 1.90. The van der Waals surface area contributed by atoms with Crippen LogP contribution < -0.4 is 14.3 Å². The van der Waals surface area contributed by atoms with Crippen molar-refractivity contribution in [3.05, 3.63) is 58.9 Å². The molecular weight excluding hydrogens is 364 g/mol. The fourth-order valence-electron chi connectivity index (χ4n) is 2.82. The molecule has 6 nitrogen and oxygen atoms in total. The van der Waals surface area contributed by atoms with Gasteiger partial charge in [-0.25, -0.2) is 0 Å². The number of amides is 1. The molecule has 0 N–H and O–H groups in total. The molecule has 1 aromatic heterocycles. The number of benzene rings is 2. The third-order valence-electron chi connectivity index (χ3n) is 4.13. The number of methoxy groups -OCH3 is 1. The molecule has 2 aromatic carbocycles. The highest BCUT2D eigenvalue weighted by molar-refractivity contribution is 7.16. The predicted octanol–water partition coefficient (Wildman–Crippen LogP) is 3.22. The van der Waals surface area contributed by atoms with E-state index >= 15 is 0 Å². The summed E-state index contributed by atoms with van der Waals surface area (Å²) >= 11 is 1.49. The Morgan fingerprint density at radius 2 is 2.11 bits per heavy atom. The van der Waals surface area contributed by atoms with E-state index in [4.69, 9.17) is 14.2 Å². The predicted molar refractivity (Wildman–Crippen MR) is 104 cm³/mol. The minimum Gasteiger partial charge on any atom is -0.454 e. The van der Waals surface area contributed by atoms with Crippen LogP contribution in [-0.2, 0) is 16.1 Å². The van der Waals surface area contributed by atoms with Gasteiger partial charge in [-0.2, -0.15) is 4.99 Å². The van der Waals surface area contributed by atoms with E-state index in [0.29, 0.717) is 29.5 Å². The van der Waals surface area contributed by atoms with Gasteiger partial charge >= 0.3 is 0 Å². The first-order chi connectivity index (χ1) is 13.2. The molecule has 0 atom stereocenters. The van der Waals surface area contributed by atoms with Crippen LogP contribution in [0.25, 0.3) is 16.3 Å². The van der Waals surface area contributed by atoms with Gasteiger partial charge in [-0.15, -0.1) is 0 Å². The third-order valence-corrected chi connectivity index (χ3v) is 5.19. The van der Waals surface area contributed by atoms with Crippen LogP contribution in [-0.4, -0.2) is 31.0 Å². The molecule has 0 spiro atoms. The highest BCUT2D eigenvalue weighted by Crippen LogP contribution is 2.32. The Labute approximate surface area is 159 Å². The molecule has 0 unspecified atom stereocenters. The van der Waals surface area contributed by atoms with Crippen LogP contribution in [0.5, 0.6) is 11.5 Å². The van der Waals surface area contributed by atoms with Gasteiger partial charge in [0.1, 0.15) is 0 Å². The van der Waals surface area contributed by atoms with Crippen molar-refractivity contribution in [2.75, 3.05) is 20.5 Å². The Morgan fingerprint density at radius 3 is 3.00 bits per heavy atom. The average Bonchev–Trinajstić information content (AvgIpc) is 3.28. The Kier molecular flexibility index (Phi) is 5.04. The fraction of sp³-hybridized carbons (Fsp3) is 0.200. The van der Waals surface area contributed by atoms with Gasteiger partial charge in [0, 0.05) is 19.7 Å². The molecule has 4 rings (SSSR count). The molecule has 1 aliphatic heterocycles. The number of ether oxygens (including phenoxy) is 3. The van der Waals surface area contributed by atoms with Crippen LogP contribution in [0.2, 0.25) is 0 Å². The number of carbonyl (C=O) groups excluding carboxylic acids is 1. The summed E-state index contributed by atoms with van der Waals surface area (Å²) in [6.07, 6.45) is 3.18. The summed E-state index contributed by atoms with van der Waals surface area (Å²) in [7, 11) is 1.66. The smallest absolute Gasteiger partial charge is 0.272 e. The van der Waals surface area contributed by atoms with E-state index in [1.54, 1.807) is 13.2 Å². The maximum absolute atomic E-state index is 12.4. The molecule has 138 valence electrons. The van der Waals surface area contributed by atoms with E-state index in [1.165, 1.54) is 17.4 Å². The molecule has 27 heavy (non-hydrogen) atoms. The van der Waals surface area contributed by atoms with E-state index in [0.717, 1.165) is 15.8 Å². The number of carbonyl (C=O) groups is 1. The molecule has 0 radical (unpaired) electrons. The van der Waals surface area contributed by atoms with Crippen LogP contribution >= 0.6 is 11.3 Å². The largest absolute Gasteiger partial charge is 0.454 e. The van der Waals surface area contributed by atoms with Crippen molar-refractivity contribution in [2.24, 2.45) is 4.99 Å². The van der Waals surface area contributed by atoms with Crippen molar-refractivity contribution >= 4 is 33.5 Å². The highest BCUT2D eigenvalue weighted by atomic mass is 32.1. The maximum Gasteiger partial charge on any atom is 0.272 e. The van der Waals surface area contributed by atoms with Gasteiger partial charge in [0.2, 0.25) is 6.79 Å². The van der Waals surface area contributed by atoms with E-state index in [1.807, 2.05) is 47.0 Å². The summed E-state index contributed by atoms with van der Waals surface area (Å²) in [5, 5.41) is 0. The molecular formula is C20H18N2O4S. The lowest BCUT2D eigenvalue weighted by Crippen LogP contribution is -2.18. The van der Waals surface area contributed by atoms with E-state index in [-0.39, 0.29) is 12.7 Å². The molecule has 0 fully saturated rings. The standard InChI is InChI=1S/C20H18N2O4S/c1-24-11-10-22-15-4-2-3-5-18(15)27-20(22)21-19(23)9-7-14-6-8-16-17(12-14)26-13-25-16/h2-9,12H,10-11,13H2,1H3/b9-7-,21-20?. The Hall–Kier alpha value is -2.90. The minimum absolute atomic E-state index is 0.226. The number of para-hydroxylation sites is 1. The van der Waals surface area contributed by atoms with Crippen molar-refractivity contribution in [3.8, 4) is 11.5 Å². The van der Waals surface area contributed by atoms with Crippen molar-refractivity contribution < 1.29 is 19.0 Å². The Balaban J connectivity index is 1.61. The SMILES string of the molecule is COCCn1c(=NC(=O)/C=C\c2ccc3c(c2)OCO3)sc2ccccc21. The lowest BCUT2D eigenvalue weighted by Gasteiger charge is -2.03. The monoisotopic (exact) mass is 382 g/mol. The zero-order chi connectivity index (χ0) is 18.6. The van der Waals surface area contributed by atoms with Crippen molar-refractivity contribution in [1.29, 1.82) is 0 Å². The number of hydrogen-bond acceptors (Lipinski definition) is 5. The van der Waals surface area contributed by atoms with Crippen LogP contribution in [0.15, 0.2) is 53.5 Å². The molecule has 0 bridgehead atoms. The van der Waals surface area contributed by atoms with Gasteiger partial charge in [-0.1, -0.05) is 29.5 Å². The zero-order valence-electron chi connectivity index (χ0n) is 14.8. The Morgan fingerprint density at radius 1 is 1.26 bits per heavy atom. The Bertz CT molecular complexity index is 1080. The second-order valence-corrected chi connectivity index (χ2v) is 6.90. The van der Waals surface area contributed by atoms with Crippen molar-refractivity contribution in [3.63, 3.8) is 0 Å². The van der Waals surface area contributed by atoms with Crippen LogP contribution in [0.3, 0.4) is 0 Å². The lowest BCUT2D eigenvalue weighted by molar-refractivity contribution is -0.113. The van der Waals surface area contributed by atoms with Gasteiger partial charge in [0.05, 0.1) is 16.8 Å². The molecule has 0 saturated heterocycles. The number of rotatable bonds is 5. The number of aromatic nitrogens is 1. The third kappa shape index (κ3) is 3.79. The lowest BCUT2D eigenvalue weighted by atomic mass is 10.2. The molecule has 2 heterocycles. The highest BCUT2D eigenvalue weighted by Gasteiger charge is 2.12. The van der Waals surface area contributed by atoms with E-state index < -0.39 is 0 Å². The van der Waals surface area contributed by atoms with E-state index in [9.17, 15) is 4.79 Å². The normalized spacial score (nSPS) is 13.7. The summed E-state index contributed by atoms with van der Waals surface area (Å²) in [5.74, 6) is 1.08.